The van der Waals surface area contributed by atoms with Crippen molar-refractivity contribution in [3.8, 4) is 11.1 Å². The summed E-state index contributed by atoms with van der Waals surface area (Å²) in [7, 11) is -1.69. The van der Waals surface area contributed by atoms with Gasteiger partial charge in [-0.25, -0.2) is 18.4 Å². The fourth-order valence-electron chi connectivity index (χ4n) is 3.70. The maximum Gasteiger partial charge on any atom is 0.416 e. The van der Waals surface area contributed by atoms with E-state index >= 15 is 0 Å². The normalized spacial score (nSPS) is 20.8. The van der Waals surface area contributed by atoms with Crippen LogP contribution in [0.15, 0.2) is 41.6 Å². The van der Waals surface area contributed by atoms with Crippen LogP contribution in [0.25, 0.3) is 22.0 Å². The number of fused-ring (bicyclic) bond motifs is 1. The third-order valence-electron chi connectivity index (χ3n) is 5.64. The molecule has 2 unspecified atom stereocenters. The fraction of sp³-hybridized carbons (Fsp3) is 0.350. The number of sulfone groups is 1. The van der Waals surface area contributed by atoms with E-state index in [4.69, 9.17) is 0 Å². The van der Waals surface area contributed by atoms with Gasteiger partial charge in [-0.05, 0) is 31.0 Å². The lowest BCUT2D eigenvalue weighted by atomic mass is 10.0. The zero-order valence-corrected chi connectivity index (χ0v) is 17.5. The van der Waals surface area contributed by atoms with Crippen LogP contribution in [-0.4, -0.2) is 40.0 Å². The Morgan fingerprint density at radius 1 is 1.16 bits per heavy atom. The van der Waals surface area contributed by atoms with E-state index in [0.717, 1.165) is 12.1 Å². The van der Waals surface area contributed by atoms with Crippen molar-refractivity contribution < 1.29 is 21.6 Å². The number of aryl methyl sites for hydroxylation is 1. The molecule has 2 aromatic heterocycles. The third-order valence-corrected chi connectivity index (χ3v) is 7.90. The first kappa shape index (κ1) is 21.3. The van der Waals surface area contributed by atoms with Crippen molar-refractivity contribution in [1.82, 2.24) is 14.5 Å². The maximum atomic E-state index is 12.9. The van der Waals surface area contributed by atoms with Crippen LogP contribution in [0.2, 0.25) is 0 Å². The number of rotatable bonds is 3. The first-order valence-corrected chi connectivity index (χ1v) is 11.2. The molecule has 0 radical (unpaired) electrons. The van der Waals surface area contributed by atoms with E-state index in [0.29, 0.717) is 17.5 Å². The summed E-state index contributed by atoms with van der Waals surface area (Å²) in [5, 5.41) is 2.58. The molecule has 1 aromatic carbocycles. The number of alkyl halides is 3. The van der Waals surface area contributed by atoms with Gasteiger partial charge in [0.1, 0.15) is 11.2 Å². The Kier molecular flexibility index (Phi) is 5.03. The van der Waals surface area contributed by atoms with Crippen molar-refractivity contribution in [2.24, 2.45) is 7.05 Å². The molecule has 0 bridgehead atoms. The molecule has 3 heterocycles. The number of hydrogen-bond acceptors (Lipinski definition) is 6. The molecule has 4 rings (SSSR count). The predicted octanol–water partition coefficient (Wildman–Crippen LogP) is 3.00. The summed E-state index contributed by atoms with van der Waals surface area (Å²) < 4.78 is 64.1. The van der Waals surface area contributed by atoms with Crippen LogP contribution in [0.1, 0.15) is 18.9 Å². The highest BCUT2D eigenvalue weighted by Crippen LogP contribution is 2.34. The minimum Gasteiger partial charge on any atom is -0.365 e. The van der Waals surface area contributed by atoms with Gasteiger partial charge in [-0.2, -0.15) is 13.2 Å². The van der Waals surface area contributed by atoms with Crippen molar-refractivity contribution in [2.45, 2.75) is 30.8 Å². The molecule has 3 aromatic rings. The second-order valence-corrected chi connectivity index (χ2v) is 10.1. The first-order valence-electron chi connectivity index (χ1n) is 9.49. The smallest absolute Gasteiger partial charge is 0.365 e. The molecule has 11 heteroatoms. The number of nitrogens with zero attached hydrogens (tertiary/aromatic N) is 3. The number of halogens is 3. The second kappa shape index (κ2) is 7.33. The summed E-state index contributed by atoms with van der Waals surface area (Å²) in [6.45, 7) is 1.61. The third kappa shape index (κ3) is 3.78. The minimum absolute atomic E-state index is 0.0453. The van der Waals surface area contributed by atoms with Gasteiger partial charge in [0.15, 0.2) is 9.84 Å². The molecule has 31 heavy (non-hydrogen) atoms. The number of pyridine rings is 1. The standard InChI is InChI=1S/C20H19F3N4O3S/c1-11-15(7-8-31(11,29)30)26-18-16-17(25-10-27(2)19(16)28)14(9-24-18)12-3-5-13(6-4-12)20(21,22)23/h3-6,9-11,15H,7-8H2,1-2H3,(H,24,26). The Hall–Kier alpha value is -2.95. The average molecular weight is 452 g/mol. The maximum absolute atomic E-state index is 12.9. The molecule has 1 saturated heterocycles. The Morgan fingerprint density at radius 2 is 1.84 bits per heavy atom. The summed E-state index contributed by atoms with van der Waals surface area (Å²) in [6.07, 6.45) is -1.33. The van der Waals surface area contributed by atoms with Crippen LogP contribution in [0.5, 0.6) is 0 Å². The monoisotopic (exact) mass is 452 g/mol. The summed E-state index contributed by atoms with van der Waals surface area (Å²) in [4.78, 5) is 21.5. The quantitative estimate of drug-likeness (QED) is 0.657. The molecule has 2 atom stereocenters. The Bertz CT molecular complexity index is 1320. The SMILES string of the molecule is CC1C(Nc2ncc(-c3ccc(C(F)(F)F)cc3)c3ncn(C)c(=O)c23)CCS1(=O)=O. The molecule has 1 fully saturated rings. The lowest BCUT2D eigenvalue weighted by molar-refractivity contribution is -0.137. The highest BCUT2D eigenvalue weighted by molar-refractivity contribution is 7.92. The summed E-state index contributed by atoms with van der Waals surface area (Å²) in [5.41, 5.74) is -0.0862. The second-order valence-electron chi connectivity index (χ2n) is 7.59. The van der Waals surface area contributed by atoms with Gasteiger partial charge in [0.05, 0.1) is 28.4 Å². The number of nitrogens with one attached hydrogen (secondary N) is 1. The average Bonchev–Trinajstić information content (AvgIpc) is 2.97. The van der Waals surface area contributed by atoms with Crippen molar-refractivity contribution in [2.75, 3.05) is 11.1 Å². The lowest BCUT2D eigenvalue weighted by Gasteiger charge is -2.19. The predicted molar refractivity (Wildman–Crippen MR) is 110 cm³/mol. The summed E-state index contributed by atoms with van der Waals surface area (Å²) in [5.74, 6) is 0.247. The van der Waals surface area contributed by atoms with Gasteiger partial charge in [-0.1, -0.05) is 12.1 Å². The molecule has 1 N–H and O–H groups in total. The van der Waals surface area contributed by atoms with Crippen molar-refractivity contribution in [3.63, 3.8) is 0 Å². The highest BCUT2D eigenvalue weighted by atomic mass is 32.2. The van der Waals surface area contributed by atoms with E-state index < -0.39 is 38.4 Å². The van der Waals surface area contributed by atoms with E-state index in [9.17, 15) is 26.4 Å². The van der Waals surface area contributed by atoms with Crippen LogP contribution in [-0.2, 0) is 23.1 Å². The van der Waals surface area contributed by atoms with Crippen molar-refractivity contribution >= 4 is 26.6 Å². The Labute approximate surface area is 175 Å². The lowest BCUT2D eigenvalue weighted by Crippen LogP contribution is -2.31. The van der Waals surface area contributed by atoms with Crippen LogP contribution in [0, 0.1) is 0 Å². The van der Waals surface area contributed by atoms with Gasteiger partial charge in [-0.15, -0.1) is 0 Å². The zero-order chi connectivity index (χ0) is 22.6. The minimum atomic E-state index is -4.46. The van der Waals surface area contributed by atoms with Gasteiger partial charge < -0.3 is 9.88 Å². The van der Waals surface area contributed by atoms with Gasteiger partial charge >= 0.3 is 6.18 Å². The molecular formula is C20H19F3N4O3S. The van der Waals surface area contributed by atoms with Gasteiger partial charge in [0, 0.05) is 24.8 Å². The zero-order valence-electron chi connectivity index (χ0n) is 16.6. The summed E-state index contributed by atoms with van der Waals surface area (Å²) in [6, 6.07) is 4.11. The molecular weight excluding hydrogens is 433 g/mol. The topological polar surface area (TPSA) is 93.9 Å². The van der Waals surface area contributed by atoms with Crippen LogP contribution in [0.4, 0.5) is 19.0 Å². The molecule has 0 spiro atoms. The van der Waals surface area contributed by atoms with Crippen molar-refractivity contribution in [1.29, 1.82) is 0 Å². The van der Waals surface area contributed by atoms with E-state index in [2.05, 4.69) is 15.3 Å². The van der Waals surface area contributed by atoms with Gasteiger partial charge in [0.25, 0.3) is 5.56 Å². The van der Waals surface area contributed by atoms with E-state index in [1.54, 1.807) is 6.92 Å². The molecule has 1 aliphatic heterocycles. The highest BCUT2D eigenvalue weighted by Gasteiger charge is 2.37. The number of aromatic nitrogens is 3. The molecule has 0 aliphatic carbocycles. The first-order chi connectivity index (χ1) is 14.5. The van der Waals surface area contributed by atoms with Crippen LogP contribution in [0.3, 0.4) is 0 Å². The number of anilines is 1. The molecule has 164 valence electrons. The molecule has 7 nitrogen and oxygen atoms in total. The van der Waals surface area contributed by atoms with E-state index in [1.165, 1.54) is 36.3 Å². The van der Waals surface area contributed by atoms with Gasteiger partial charge in [0.2, 0.25) is 0 Å². The van der Waals surface area contributed by atoms with Gasteiger partial charge in [-0.3, -0.25) is 4.79 Å². The number of benzene rings is 1. The molecule has 0 saturated carbocycles. The van der Waals surface area contributed by atoms with Crippen LogP contribution < -0.4 is 10.9 Å². The van der Waals surface area contributed by atoms with Crippen LogP contribution >= 0.6 is 0 Å². The Morgan fingerprint density at radius 3 is 2.42 bits per heavy atom. The molecule has 0 amide bonds. The largest absolute Gasteiger partial charge is 0.416 e. The fourth-order valence-corrected chi connectivity index (χ4v) is 5.36. The van der Waals surface area contributed by atoms with E-state index in [1.807, 2.05) is 0 Å². The number of hydrogen-bond donors (Lipinski definition) is 1. The summed E-state index contributed by atoms with van der Waals surface area (Å²) >= 11 is 0. The Balaban J connectivity index is 1.83. The van der Waals surface area contributed by atoms with Crippen molar-refractivity contribution in [3.05, 3.63) is 52.7 Å². The van der Waals surface area contributed by atoms with E-state index in [-0.39, 0.29) is 22.5 Å². The molecule has 1 aliphatic rings.